The second-order valence-corrected chi connectivity index (χ2v) is 8.86. The molecule has 0 bridgehead atoms. The van der Waals surface area contributed by atoms with E-state index in [0.717, 1.165) is 27.6 Å². The Morgan fingerprint density at radius 1 is 1.24 bits per heavy atom. The summed E-state index contributed by atoms with van der Waals surface area (Å²) < 4.78 is 11.8. The van der Waals surface area contributed by atoms with Crippen molar-refractivity contribution in [2.24, 2.45) is 0 Å². The molecule has 1 aliphatic rings. The molecule has 2 heterocycles. The molecule has 0 saturated carbocycles. The monoisotopic (exact) mass is 446 g/mol. The van der Waals surface area contributed by atoms with Gasteiger partial charge in [0.15, 0.2) is 0 Å². The minimum absolute atomic E-state index is 0.124. The number of allylic oxidation sites excluding steroid dienone is 1. The molecular formula is C26H30N4O3. The fourth-order valence-corrected chi connectivity index (χ4v) is 3.86. The summed E-state index contributed by atoms with van der Waals surface area (Å²) in [4.78, 5) is 23.4. The first-order chi connectivity index (χ1) is 15.8. The maximum Gasteiger partial charge on any atom is 0.318 e. The molecule has 172 valence electrons. The van der Waals surface area contributed by atoms with Crippen LogP contribution in [0, 0.1) is 0 Å². The molecule has 7 nitrogen and oxygen atoms in total. The van der Waals surface area contributed by atoms with Gasteiger partial charge in [-0.3, -0.25) is 0 Å². The largest absolute Gasteiger partial charge is 0.474 e. The number of rotatable bonds is 6. The normalized spacial score (nSPS) is 16.5. The highest BCUT2D eigenvalue weighted by Crippen LogP contribution is 2.24. The summed E-state index contributed by atoms with van der Waals surface area (Å²) in [6, 6.07) is 15.7. The third-order valence-corrected chi connectivity index (χ3v) is 5.83. The topological polar surface area (TPSA) is 76.6 Å². The predicted molar refractivity (Wildman–Crippen MR) is 129 cm³/mol. The molecule has 7 heteroatoms. The number of nitrogens with one attached hydrogen (secondary N) is 1. The number of hydrogen-bond acceptors (Lipinski definition) is 5. The number of carbonyl (C=O) groups excluding carboxylic acids is 1. The molecule has 0 spiro atoms. The van der Waals surface area contributed by atoms with E-state index in [-0.39, 0.29) is 12.1 Å². The van der Waals surface area contributed by atoms with Gasteiger partial charge in [-0.25, -0.2) is 14.8 Å². The Morgan fingerprint density at radius 2 is 2.06 bits per heavy atom. The molecule has 1 fully saturated rings. The fraction of sp³-hybridized carbons (Fsp3) is 0.346. The summed E-state index contributed by atoms with van der Waals surface area (Å²) in [7, 11) is 0. The number of morpholine rings is 1. The molecule has 1 unspecified atom stereocenters. The second kappa shape index (κ2) is 9.58. The van der Waals surface area contributed by atoms with E-state index in [0.29, 0.717) is 32.2 Å². The van der Waals surface area contributed by atoms with Crippen LogP contribution in [-0.2, 0) is 10.3 Å². The number of benzene rings is 2. The van der Waals surface area contributed by atoms with E-state index in [1.807, 2.05) is 63.2 Å². The molecule has 1 saturated heterocycles. The number of nitrogens with zero attached hydrogens (tertiary/aromatic N) is 3. The highest BCUT2D eigenvalue weighted by molar-refractivity contribution is 5.82. The zero-order valence-corrected chi connectivity index (χ0v) is 19.4. The lowest BCUT2D eigenvalue weighted by atomic mass is 9.92. The Hall–Kier alpha value is -3.45. The van der Waals surface area contributed by atoms with Crippen LogP contribution >= 0.6 is 0 Å². The van der Waals surface area contributed by atoms with Gasteiger partial charge in [-0.1, -0.05) is 42.5 Å². The molecule has 0 aliphatic carbocycles. The van der Waals surface area contributed by atoms with E-state index < -0.39 is 5.54 Å². The van der Waals surface area contributed by atoms with Crippen LogP contribution in [0.15, 0.2) is 61.4 Å². The molecule has 33 heavy (non-hydrogen) atoms. The van der Waals surface area contributed by atoms with Gasteiger partial charge >= 0.3 is 6.03 Å². The maximum atomic E-state index is 13.1. The Labute approximate surface area is 194 Å². The molecule has 0 radical (unpaired) electrons. The SMILES string of the molecule is C=C(C)c1cccc(C(C)(C)NC(=O)N2CCOC(COc3ncnc4ccccc34)C2)c1. The van der Waals surface area contributed by atoms with Gasteiger partial charge in [0.2, 0.25) is 5.88 Å². The number of aromatic nitrogens is 2. The standard InChI is InChI=1S/C26H30N4O3/c1-18(2)19-8-7-9-20(14-19)26(3,4)29-25(31)30-12-13-32-21(15-30)16-33-24-22-10-5-6-11-23(22)27-17-28-24/h5-11,14,17,21H,1,12-13,15-16H2,2-4H3,(H,29,31). The molecule has 1 aromatic heterocycles. The van der Waals surface area contributed by atoms with Gasteiger partial charge in [0.05, 0.1) is 29.6 Å². The zero-order valence-electron chi connectivity index (χ0n) is 19.4. The van der Waals surface area contributed by atoms with Crippen molar-refractivity contribution in [2.75, 3.05) is 26.3 Å². The highest BCUT2D eigenvalue weighted by Gasteiger charge is 2.30. The van der Waals surface area contributed by atoms with Crippen molar-refractivity contribution in [1.29, 1.82) is 0 Å². The number of para-hydroxylation sites is 1. The first-order valence-electron chi connectivity index (χ1n) is 11.1. The molecule has 1 N–H and O–H groups in total. The Morgan fingerprint density at radius 3 is 2.88 bits per heavy atom. The third kappa shape index (κ3) is 5.31. The summed E-state index contributed by atoms with van der Waals surface area (Å²) in [6.45, 7) is 11.7. The number of ether oxygens (including phenoxy) is 2. The average molecular weight is 447 g/mol. The quantitative estimate of drug-likeness (QED) is 0.608. The van der Waals surface area contributed by atoms with Crippen LogP contribution in [0.3, 0.4) is 0 Å². The third-order valence-electron chi connectivity index (χ3n) is 5.83. The minimum Gasteiger partial charge on any atom is -0.474 e. The van der Waals surface area contributed by atoms with Crippen LogP contribution in [0.5, 0.6) is 5.88 Å². The molecule has 1 aliphatic heterocycles. The number of carbonyl (C=O) groups is 1. The highest BCUT2D eigenvalue weighted by atomic mass is 16.5. The molecule has 3 aromatic rings. The van der Waals surface area contributed by atoms with Crippen LogP contribution < -0.4 is 10.1 Å². The Bertz CT molecular complexity index is 1160. The first kappa shape index (κ1) is 22.7. The van der Waals surface area contributed by atoms with Gasteiger partial charge in [0, 0.05) is 6.54 Å². The van der Waals surface area contributed by atoms with Gasteiger partial charge in [-0.2, -0.15) is 0 Å². The summed E-state index contributed by atoms with van der Waals surface area (Å²) in [5.41, 5.74) is 3.38. The maximum absolute atomic E-state index is 13.1. The van der Waals surface area contributed by atoms with Crippen LogP contribution in [0.25, 0.3) is 16.5 Å². The van der Waals surface area contributed by atoms with Crippen molar-refractivity contribution in [1.82, 2.24) is 20.2 Å². The molecule has 2 amide bonds. The number of amides is 2. The van der Waals surface area contributed by atoms with Crippen LogP contribution in [-0.4, -0.2) is 53.3 Å². The van der Waals surface area contributed by atoms with E-state index in [1.54, 1.807) is 4.90 Å². The lowest BCUT2D eigenvalue weighted by molar-refractivity contribution is -0.0363. The molecule has 1 atom stereocenters. The number of hydrogen-bond donors (Lipinski definition) is 1. The lowest BCUT2D eigenvalue weighted by Crippen LogP contribution is -2.54. The number of urea groups is 1. The van der Waals surface area contributed by atoms with E-state index in [9.17, 15) is 4.79 Å². The Balaban J connectivity index is 1.38. The first-order valence-corrected chi connectivity index (χ1v) is 11.1. The van der Waals surface area contributed by atoms with Crippen LogP contribution in [0.1, 0.15) is 31.9 Å². The predicted octanol–water partition coefficient (Wildman–Crippen LogP) is 4.39. The van der Waals surface area contributed by atoms with Crippen LogP contribution in [0.4, 0.5) is 4.79 Å². The summed E-state index contributed by atoms with van der Waals surface area (Å²) in [6.07, 6.45) is 1.25. The van der Waals surface area contributed by atoms with E-state index in [1.165, 1.54) is 6.33 Å². The van der Waals surface area contributed by atoms with Crippen molar-refractivity contribution in [3.8, 4) is 5.88 Å². The van der Waals surface area contributed by atoms with Crippen molar-refractivity contribution in [3.05, 3.63) is 72.6 Å². The van der Waals surface area contributed by atoms with E-state index >= 15 is 0 Å². The Kier molecular flexibility index (Phi) is 6.60. The lowest BCUT2D eigenvalue weighted by Gasteiger charge is -2.36. The van der Waals surface area contributed by atoms with Crippen molar-refractivity contribution in [2.45, 2.75) is 32.4 Å². The second-order valence-electron chi connectivity index (χ2n) is 8.86. The van der Waals surface area contributed by atoms with Crippen molar-refractivity contribution in [3.63, 3.8) is 0 Å². The average Bonchev–Trinajstić information content (AvgIpc) is 2.82. The van der Waals surface area contributed by atoms with Crippen molar-refractivity contribution >= 4 is 22.5 Å². The van der Waals surface area contributed by atoms with Gasteiger partial charge in [-0.15, -0.1) is 0 Å². The van der Waals surface area contributed by atoms with Gasteiger partial charge < -0.3 is 19.7 Å². The fourth-order valence-electron chi connectivity index (χ4n) is 3.86. The van der Waals surface area contributed by atoms with Crippen molar-refractivity contribution < 1.29 is 14.3 Å². The van der Waals surface area contributed by atoms with E-state index in [2.05, 4.69) is 27.9 Å². The molecule has 4 rings (SSSR count). The van der Waals surface area contributed by atoms with Gasteiger partial charge in [0.1, 0.15) is 19.0 Å². The molecular weight excluding hydrogens is 416 g/mol. The summed E-state index contributed by atoms with van der Waals surface area (Å²) >= 11 is 0. The summed E-state index contributed by atoms with van der Waals surface area (Å²) in [5, 5.41) is 4.02. The van der Waals surface area contributed by atoms with Gasteiger partial charge in [0.25, 0.3) is 0 Å². The smallest absolute Gasteiger partial charge is 0.318 e. The van der Waals surface area contributed by atoms with Gasteiger partial charge in [-0.05, 0) is 50.1 Å². The molecule has 2 aromatic carbocycles. The summed E-state index contributed by atoms with van der Waals surface area (Å²) in [5.74, 6) is 0.518. The van der Waals surface area contributed by atoms with Crippen LogP contribution in [0.2, 0.25) is 0 Å². The minimum atomic E-state index is -0.535. The van der Waals surface area contributed by atoms with E-state index in [4.69, 9.17) is 9.47 Å². The zero-order chi connectivity index (χ0) is 23.4. The number of fused-ring (bicyclic) bond motifs is 1.